The molecule has 4 heterocycles. The first-order chi connectivity index (χ1) is 15.2. The summed E-state index contributed by atoms with van der Waals surface area (Å²) in [6.45, 7) is 5.26. The average Bonchev–Trinajstić information content (AvgIpc) is 3.44. The van der Waals surface area contributed by atoms with Crippen LogP contribution in [0.5, 0.6) is 5.75 Å². The van der Waals surface area contributed by atoms with Crippen LogP contribution in [0.1, 0.15) is 0 Å². The van der Waals surface area contributed by atoms with Crippen LogP contribution in [-0.4, -0.2) is 64.2 Å². The van der Waals surface area contributed by atoms with Crippen molar-refractivity contribution in [3.63, 3.8) is 0 Å². The van der Waals surface area contributed by atoms with Crippen LogP contribution in [0.3, 0.4) is 0 Å². The SMILES string of the molecule is Cn1cc(-c2nnc(-c3ccc(F)cc3OCCN3CCNCC3)c3sccc23)cn1. The lowest BCUT2D eigenvalue weighted by Crippen LogP contribution is -2.44. The molecule has 1 saturated heterocycles. The van der Waals surface area contributed by atoms with Gasteiger partial charge >= 0.3 is 0 Å². The second kappa shape index (κ2) is 8.70. The minimum Gasteiger partial charge on any atom is -0.491 e. The van der Waals surface area contributed by atoms with Crippen LogP contribution in [0, 0.1) is 5.82 Å². The summed E-state index contributed by atoms with van der Waals surface area (Å²) in [7, 11) is 1.87. The highest BCUT2D eigenvalue weighted by Gasteiger charge is 2.18. The Morgan fingerprint density at radius 1 is 1.16 bits per heavy atom. The van der Waals surface area contributed by atoms with E-state index in [-0.39, 0.29) is 5.82 Å². The Morgan fingerprint density at radius 3 is 2.81 bits per heavy atom. The number of hydrogen-bond acceptors (Lipinski definition) is 7. The Labute approximate surface area is 183 Å². The molecular formula is C22H23FN6OS. The molecule has 0 aliphatic carbocycles. The third-order valence-corrected chi connectivity index (χ3v) is 6.36. The van der Waals surface area contributed by atoms with E-state index in [4.69, 9.17) is 4.74 Å². The number of aryl methyl sites for hydroxylation is 1. The van der Waals surface area contributed by atoms with Crippen LogP contribution in [0.15, 0.2) is 42.0 Å². The molecule has 31 heavy (non-hydrogen) atoms. The zero-order chi connectivity index (χ0) is 21.2. The van der Waals surface area contributed by atoms with Gasteiger partial charge < -0.3 is 10.1 Å². The molecular weight excluding hydrogens is 415 g/mol. The normalized spacial score (nSPS) is 14.9. The maximum Gasteiger partial charge on any atom is 0.131 e. The maximum atomic E-state index is 14.0. The minimum atomic E-state index is -0.330. The van der Waals surface area contributed by atoms with Crippen molar-refractivity contribution in [1.29, 1.82) is 0 Å². The van der Waals surface area contributed by atoms with E-state index in [0.717, 1.165) is 59.6 Å². The van der Waals surface area contributed by atoms with Crippen molar-refractivity contribution in [3.8, 4) is 28.3 Å². The van der Waals surface area contributed by atoms with Gasteiger partial charge in [-0.25, -0.2) is 4.39 Å². The molecule has 9 heteroatoms. The predicted molar refractivity (Wildman–Crippen MR) is 120 cm³/mol. The number of ether oxygens (including phenoxy) is 1. The van der Waals surface area contributed by atoms with Gasteiger partial charge in [0.05, 0.1) is 10.9 Å². The highest BCUT2D eigenvalue weighted by Crippen LogP contribution is 2.39. The van der Waals surface area contributed by atoms with Crippen molar-refractivity contribution in [2.75, 3.05) is 39.3 Å². The third kappa shape index (κ3) is 4.16. The van der Waals surface area contributed by atoms with Crippen molar-refractivity contribution in [1.82, 2.24) is 30.2 Å². The summed E-state index contributed by atoms with van der Waals surface area (Å²) in [5, 5.41) is 19.6. The molecule has 4 aromatic rings. The molecule has 0 atom stereocenters. The number of nitrogens with zero attached hydrogens (tertiary/aromatic N) is 5. The number of piperazine rings is 1. The fraction of sp³-hybridized carbons (Fsp3) is 0.318. The molecule has 160 valence electrons. The Balaban J connectivity index is 1.46. The van der Waals surface area contributed by atoms with E-state index in [2.05, 4.69) is 25.5 Å². The summed E-state index contributed by atoms with van der Waals surface area (Å²) in [4.78, 5) is 2.34. The van der Waals surface area contributed by atoms with Crippen molar-refractivity contribution >= 4 is 21.4 Å². The fourth-order valence-electron chi connectivity index (χ4n) is 3.84. The first-order valence-corrected chi connectivity index (χ1v) is 11.2. The van der Waals surface area contributed by atoms with E-state index < -0.39 is 0 Å². The molecule has 0 spiro atoms. The zero-order valence-corrected chi connectivity index (χ0v) is 18.0. The van der Waals surface area contributed by atoms with Crippen LogP contribution in [-0.2, 0) is 7.05 Å². The first kappa shape index (κ1) is 20.0. The number of fused-ring (bicyclic) bond motifs is 1. The van der Waals surface area contributed by atoms with Gasteiger partial charge in [-0.1, -0.05) is 0 Å². The second-order valence-electron chi connectivity index (χ2n) is 7.54. The highest BCUT2D eigenvalue weighted by molar-refractivity contribution is 7.17. The topological polar surface area (TPSA) is 68.1 Å². The second-order valence-corrected chi connectivity index (χ2v) is 8.46. The molecule has 1 fully saturated rings. The molecule has 5 rings (SSSR count). The zero-order valence-electron chi connectivity index (χ0n) is 17.2. The quantitative estimate of drug-likeness (QED) is 0.499. The van der Waals surface area contributed by atoms with E-state index in [0.29, 0.717) is 18.1 Å². The minimum absolute atomic E-state index is 0.330. The monoisotopic (exact) mass is 438 g/mol. The molecule has 0 unspecified atom stereocenters. The number of benzene rings is 1. The molecule has 1 aliphatic rings. The molecule has 0 saturated carbocycles. The number of nitrogens with one attached hydrogen (secondary N) is 1. The third-order valence-electron chi connectivity index (χ3n) is 5.44. The van der Waals surface area contributed by atoms with Crippen molar-refractivity contribution in [3.05, 3.63) is 47.9 Å². The van der Waals surface area contributed by atoms with Crippen LogP contribution in [0.4, 0.5) is 4.39 Å². The molecule has 0 amide bonds. The van der Waals surface area contributed by atoms with Gasteiger partial charge in [-0.05, 0) is 23.6 Å². The number of rotatable bonds is 6. The molecule has 7 nitrogen and oxygen atoms in total. The summed E-state index contributed by atoms with van der Waals surface area (Å²) in [5.41, 5.74) is 3.15. The van der Waals surface area contributed by atoms with Gasteiger partial charge in [-0.15, -0.1) is 21.5 Å². The smallest absolute Gasteiger partial charge is 0.131 e. The van der Waals surface area contributed by atoms with Gasteiger partial charge in [0.15, 0.2) is 0 Å². The van der Waals surface area contributed by atoms with E-state index in [1.54, 1.807) is 28.3 Å². The Kier molecular flexibility index (Phi) is 5.63. The van der Waals surface area contributed by atoms with Crippen LogP contribution in [0.2, 0.25) is 0 Å². The largest absolute Gasteiger partial charge is 0.491 e. The van der Waals surface area contributed by atoms with Crippen molar-refractivity contribution in [2.45, 2.75) is 0 Å². The predicted octanol–water partition coefficient (Wildman–Crippen LogP) is 3.18. The molecule has 3 aromatic heterocycles. The number of hydrogen-bond donors (Lipinski definition) is 1. The maximum absolute atomic E-state index is 14.0. The standard InChI is InChI=1S/C22H23FN6OS/c1-28-14-15(13-25-28)20-18-4-11-31-22(18)21(27-26-20)17-3-2-16(23)12-19(17)30-10-9-29-7-5-24-6-8-29/h2-4,11-14,24H,5-10H2,1H3. The van der Waals surface area contributed by atoms with Crippen molar-refractivity contribution in [2.24, 2.45) is 7.05 Å². The van der Waals surface area contributed by atoms with Crippen LogP contribution in [0.25, 0.3) is 32.6 Å². The molecule has 1 N–H and O–H groups in total. The average molecular weight is 439 g/mol. The van der Waals surface area contributed by atoms with Gasteiger partial charge in [-0.2, -0.15) is 5.10 Å². The Morgan fingerprint density at radius 2 is 2.00 bits per heavy atom. The van der Waals surface area contributed by atoms with Gasteiger partial charge in [-0.3, -0.25) is 9.58 Å². The molecule has 1 aromatic carbocycles. The van der Waals surface area contributed by atoms with E-state index >= 15 is 0 Å². The van der Waals surface area contributed by atoms with Gasteiger partial charge in [0, 0.05) is 68.5 Å². The van der Waals surface area contributed by atoms with Gasteiger partial charge in [0.1, 0.15) is 29.6 Å². The number of aromatic nitrogens is 4. The Bertz CT molecular complexity index is 1200. The molecule has 1 aliphatic heterocycles. The first-order valence-electron chi connectivity index (χ1n) is 10.3. The summed E-state index contributed by atoms with van der Waals surface area (Å²) >= 11 is 1.59. The van der Waals surface area contributed by atoms with E-state index in [1.165, 1.54) is 12.1 Å². The van der Waals surface area contributed by atoms with Crippen LogP contribution >= 0.6 is 11.3 Å². The highest BCUT2D eigenvalue weighted by atomic mass is 32.1. The summed E-state index contributed by atoms with van der Waals surface area (Å²) in [6.07, 6.45) is 3.70. The Hall–Kier alpha value is -2.88. The van der Waals surface area contributed by atoms with E-state index in [1.807, 2.05) is 24.7 Å². The van der Waals surface area contributed by atoms with Crippen LogP contribution < -0.4 is 10.1 Å². The molecule has 0 radical (unpaired) electrons. The summed E-state index contributed by atoms with van der Waals surface area (Å²) in [6, 6.07) is 6.63. The number of halogens is 1. The van der Waals surface area contributed by atoms with E-state index in [9.17, 15) is 4.39 Å². The number of thiophene rings is 1. The molecule has 0 bridgehead atoms. The summed E-state index contributed by atoms with van der Waals surface area (Å²) in [5.74, 6) is 0.163. The van der Waals surface area contributed by atoms with Gasteiger partial charge in [0.25, 0.3) is 0 Å². The lowest BCUT2D eigenvalue weighted by molar-refractivity contribution is 0.191. The van der Waals surface area contributed by atoms with Crippen molar-refractivity contribution < 1.29 is 9.13 Å². The fourth-order valence-corrected chi connectivity index (χ4v) is 4.74. The lowest BCUT2D eigenvalue weighted by Gasteiger charge is -2.27. The lowest BCUT2D eigenvalue weighted by atomic mass is 10.1. The summed E-state index contributed by atoms with van der Waals surface area (Å²) < 4.78 is 22.8. The van der Waals surface area contributed by atoms with Gasteiger partial charge in [0.2, 0.25) is 0 Å².